The first kappa shape index (κ1) is 22.3. The number of hydrogen-bond acceptors (Lipinski definition) is 10. The van der Waals surface area contributed by atoms with Crippen LogP contribution >= 0.6 is 0 Å². The number of nitrogens with one attached hydrogen (secondary N) is 2. The maximum atomic E-state index is 12.6. The van der Waals surface area contributed by atoms with Gasteiger partial charge in [0.25, 0.3) is 5.56 Å². The van der Waals surface area contributed by atoms with Gasteiger partial charge in [-0.05, 0) is 6.07 Å². The molecule has 11 heteroatoms. The highest BCUT2D eigenvalue weighted by molar-refractivity contribution is 5.91. The maximum Gasteiger partial charge on any atom is 0.337 e. The summed E-state index contributed by atoms with van der Waals surface area (Å²) in [6.07, 6.45) is 1.87. The van der Waals surface area contributed by atoms with Crippen LogP contribution in [0.5, 0.6) is 11.5 Å². The number of aromatic nitrogens is 3. The van der Waals surface area contributed by atoms with E-state index in [9.17, 15) is 14.7 Å². The lowest BCUT2D eigenvalue weighted by molar-refractivity contribution is -0.164. The summed E-state index contributed by atoms with van der Waals surface area (Å²) in [7, 11) is 4.35. The Morgan fingerprint density at radius 2 is 1.79 bits per heavy atom. The van der Waals surface area contributed by atoms with Crippen LogP contribution in [-0.4, -0.2) is 66.0 Å². The van der Waals surface area contributed by atoms with Gasteiger partial charge >= 0.3 is 5.97 Å². The number of ether oxygens (including phenoxy) is 3. The number of fused-ring (bicyclic) bond motifs is 1. The number of piperidine rings is 1. The van der Waals surface area contributed by atoms with Gasteiger partial charge in [-0.2, -0.15) is 4.98 Å². The number of pyridine rings is 1. The molecule has 1 fully saturated rings. The first-order valence-corrected chi connectivity index (χ1v) is 10.3. The van der Waals surface area contributed by atoms with Gasteiger partial charge in [0.05, 0.1) is 26.8 Å². The quantitative estimate of drug-likeness (QED) is 0.470. The molecule has 0 spiro atoms. The summed E-state index contributed by atoms with van der Waals surface area (Å²) in [5.41, 5.74) is -0.804. The Hall–Kier alpha value is -3.86. The Balaban J connectivity index is 1.72. The molecule has 0 aliphatic carbocycles. The summed E-state index contributed by atoms with van der Waals surface area (Å²) in [5.74, 6) is 1.17. The van der Waals surface area contributed by atoms with Crippen LogP contribution in [0.15, 0.2) is 35.3 Å². The monoisotopic (exact) mass is 455 g/mol. The van der Waals surface area contributed by atoms with Crippen LogP contribution in [0.4, 0.5) is 17.5 Å². The second-order valence-electron chi connectivity index (χ2n) is 7.68. The molecule has 0 amide bonds. The minimum atomic E-state index is -1.53. The molecule has 3 N–H and O–H groups in total. The third-order valence-electron chi connectivity index (χ3n) is 5.66. The number of esters is 1. The van der Waals surface area contributed by atoms with Crippen molar-refractivity contribution in [2.45, 2.75) is 18.4 Å². The van der Waals surface area contributed by atoms with Gasteiger partial charge in [-0.15, -0.1) is 0 Å². The molecule has 1 saturated heterocycles. The molecular weight excluding hydrogens is 430 g/mol. The van der Waals surface area contributed by atoms with E-state index in [0.717, 1.165) is 0 Å². The van der Waals surface area contributed by atoms with Gasteiger partial charge < -0.3 is 34.5 Å². The summed E-state index contributed by atoms with van der Waals surface area (Å²) in [4.78, 5) is 38.2. The highest BCUT2D eigenvalue weighted by atomic mass is 16.5. The third kappa shape index (κ3) is 4.40. The molecule has 3 aromatic rings. The molecule has 0 unspecified atom stereocenters. The number of benzene rings is 1. The number of methoxy groups -OCH3 is 3. The van der Waals surface area contributed by atoms with E-state index in [2.05, 4.69) is 20.3 Å². The molecule has 2 aromatic heterocycles. The number of aliphatic hydroxyl groups is 1. The topological polar surface area (TPSA) is 139 Å². The lowest BCUT2D eigenvalue weighted by Crippen LogP contribution is -2.50. The van der Waals surface area contributed by atoms with Gasteiger partial charge in [0.1, 0.15) is 22.7 Å². The SMILES string of the molecule is COC(=O)C1(O)CCN(c2nc(Nc3cc(OC)cc(OC)c3)c3c(=O)[nH]ccc3n2)CC1. The zero-order chi connectivity index (χ0) is 23.6. The Morgan fingerprint density at radius 1 is 1.12 bits per heavy atom. The number of nitrogens with zero attached hydrogens (tertiary/aromatic N) is 3. The number of hydrogen-bond donors (Lipinski definition) is 3. The van der Waals surface area contributed by atoms with Crippen molar-refractivity contribution in [1.82, 2.24) is 15.0 Å². The standard InChI is InChI=1S/C22H25N5O6/c1-31-14-10-13(11-15(12-14)32-2)24-18-17-16(4-7-23-19(17)28)25-21(26-18)27-8-5-22(30,6-9-27)20(29)33-3/h4,7,10-12,30H,5-6,8-9H2,1-3H3,(H,23,28)(H,24,25,26). The molecule has 4 rings (SSSR count). The summed E-state index contributed by atoms with van der Waals surface area (Å²) in [5, 5.41) is 14.0. The Bertz CT molecular complexity index is 1210. The summed E-state index contributed by atoms with van der Waals surface area (Å²) < 4.78 is 15.4. The van der Waals surface area contributed by atoms with Crippen molar-refractivity contribution in [3.05, 3.63) is 40.8 Å². The summed E-state index contributed by atoms with van der Waals surface area (Å²) >= 11 is 0. The number of carbonyl (C=O) groups is 1. The maximum absolute atomic E-state index is 12.6. The van der Waals surface area contributed by atoms with E-state index in [1.54, 1.807) is 38.5 Å². The first-order valence-electron chi connectivity index (χ1n) is 10.3. The first-order chi connectivity index (χ1) is 15.9. The fraction of sp³-hybridized carbons (Fsp3) is 0.364. The second-order valence-corrected chi connectivity index (χ2v) is 7.68. The van der Waals surface area contributed by atoms with Gasteiger partial charge in [-0.25, -0.2) is 9.78 Å². The lowest BCUT2D eigenvalue weighted by Gasteiger charge is -2.36. The molecule has 0 radical (unpaired) electrons. The third-order valence-corrected chi connectivity index (χ3v) is 5.66. The van der Waals surface area contributed by atoms with Crippen LogP contribution in [0.1, 0.15) is 12.8 Å². The van der Waals surface area contributed by atoms with E-state index in [1.807, 2.05) is 4.90 Å². The van der Waals surface area contributed by atoms with Crippen molar-refractivity contribution in [1.29, 1.82) is 0 Å². The molecule has 1 aromatic carbocycles. The molecule has 0 atom stereocenters. The minimum absolute atomic E-state index is 0.173. The normalized spacial score (nSPS) is 15.2. The Morgan fingerprint density at radius 3 is 2.39 bits per heavy atom. The van der Waals surface area contributed by atoms with E-state index in [-0.39, 0.29) is 18.4 Å². The van der Waals surface area contributed by atoms with Gasteiger partial charge in [0.15, 0.2) is 5.60 Å². The second kappa shape index (κ2) is 8.94. The van der Waals surface area contributed by atoms with Gasteiger partial charge in [-0.3, -0.25) is 4.79 Å². The van der Waals surface area contributed by atoms with Gasteiger partial charge in [-0.1, -0.05) is 0 Å². The molecule has 174 valence electrons. The number of aromatic amines is 1. The largest absolute Gasteiger partial charge is 0.497 e. The highest BCUT2D eigenvalue weighted by Crippen LogP contribution is 2.31. The fourth-order valence-electron chi connectivity index (χ4n) is 3.80. The molecular formula is C22H25N5O6. The molecule has 1 aliphatic rings. The van der Waals surface area contributed by atoms with Crippen LogP contribution in [-0.2, 0) is 9.53 Å². The zero-order valence-corrected chi connectivity index (χ0v) is 18.5. The van der Waals surface area contributed by atoms with Crippen molar-refractivity contribution in [2.75, 3.05) is 44.6 Å². The van der Waals surface area contributed by atoms with Crippen LogP contribution in [0.3, 0.4) is 0 Å². The van der Waals surface area contributed by atoms with E-state index in [1.165, 1.54) is 13.3 Å². The van der Waals surface area contributed by atoms with E-state index < -0.39 is 11.6 Å². The number of rotatable bonds is 6. The number of H-pyrrole nitrogens is 1. The van der Waals surface area contributed by atoms with Crippen LogP contribution in [0, 0.1) is 0 Å². The molecule has 33 heavy (non-hydrogen) atoms. The summed E-state index contributed by atoms with van der Waals surface area (Å²) in [6.45, 7) is 0.680. The average Bonchev–Trinajstić information content (AvgIpc) is 2.83. The Kier molecular flexibility index (Phi) is 6.05. The van der Waals surface area contributed by atoms with Gasteiger partial charge in [0, 0.05) is 56.0 Å². The predicted octanol–water partition coefficient (Wildman–Crippen LogP) is 1.58. The van der Waals surface area contributed by atoms with Crippen molar-refractivity contribution in [2.24, 2.45) is 0 Å². The molecule has 3 heterocycles. The summed E-state index contributed by atoms with van der Waals surface area (Å²) in [6, 6.07) is 6.93. The zero-order valence-electron chi connectivity index (χ0n) is 18.5. The highest BCUT2D eigenvalue weighted by Gasteiger charge is 2.41. The number of carbonyl (C=O) groups excluding carboxylic acids is 1. The minimum Gasteiger partial charge on any atom is -0.497 e. The van der Waals surface area contributed by atoms with Crippen molar-refractivity contribution in [3.63, 3.8) is 0 Å². The van der Waals surface area contributed by atoms with E-state index in [4.69, 9.17) is 14.2 Å². The predicted molar refractivity (Wildman–Crippen MR) is 121 cm³/mol. The molecule has 0 bridgehead atoms. The van der Waals surface area contributed by atoms with Crippen molar-refractivity contribution < 1.29 is 24.1 Å². The molecule has 11 nitrogen and oxygen atoms in total. The Labute approximate surface area is 189 Å². The van der Waals surface area contributed by atoms with E-state index >= 15 is 0 Å². The molecule has 1 aliphatic heterocycles. The van der Waals surface area contributed by atoms with Crippen LogP contribution in [0.25, 0.3) is 10.9 Å². The van der Waals surface area contributed by atoms with Crippen molar-refractivity contribution >= 4 is 34.3 Å². The molecule has 0 saturated carbocycles. The van der Waals surface area contributed by atoms with Gasteiger partial charge in [0.2, 0.25) is 5.95 Å². The van der Waals surface area contributed by atoms with E-state index in [0.29, 0.717) is 52.9 Å². The average molecular weight is 455 g/mol. The van der Waals surface area contributed by atoms with Crippen LogP contribution < -0.4 is 25.2 Å². The van der Waals surface area contributed by atoms with Crippen LogP contribution in [0.2, 0.25) is 0 Å². The number of anilines is 3. The lowest BCUT2D eigenvalue weighted by atomic mass is 9.92. The fourth-order valence-corrected chi connectivity index (χ4v) is 3.80. The van der Waals surface area contributed by atoms with Crippen molar-refractivity contribution in [3.8, 4) is 11.5 Å². The smallest absolute Gasteiger partial charge is 0.337 e.